The zero-order chi connectivity index (χ0) is 13.8. The van der Waals surface area contributed by atoms with Gasteiger partial charge in [-0.05, 0) is 25.5 Å². The van der Waals surface area contributed by atoms with E-state index in [2.05, 4.69) is 4.72 Å². The molecule has 0 radical (unpaired) electrons. The van der Waals surface area contributed by atoms with Crippen LogP contribution < -0.4 is 10.5 Å². The summed E-state index contributed by atoms with van der Waals surface area (Å²) in [5.74, 6) is -0.607. The average Bonchev–Trinajstić information content (AvgIpc) is 2.31. The number of nitrogens with one attached hydrogen (secondary N) is 1. The van der Waals surface area contributed by atoms with Gasteiger partial charge in [-0.1, -0.05) is 19.8 Å². The summed E-state index contributed by atoms with van der Waals surface area (Å²) in [5.41, 5.74) is 5.97. The average molecular weight is 274 g/mol. The van der Waals surface area contributed by atoms with Crippen molar-refractivity contribution in [3.05, 3.63) is 23.5 Å². The molecule has 0 aliphatic carbocycles. The number of sulfonamides is 1. The number of nitrogen functional groups attached to an aromatic ring is 1. The predicted octanol–water partition coefficient (Wildman–Crippen LogP) is 2.18. The largest absolute Gasteiger partial charge is 0.398 e. The first-order chi connectivity index (χ1) is 8.38. The molecule has 3 N–H and O–H groups in total. The number of nitrogens with two attached hydrogens (primary N) is 1. The van der Waals surface area contributed by atoms with Crippen molar-refractivity contribution in [3.63, 3.8) is 0 Å². The Morgan fingerprint density at radius 3 is 2.56 bits per heavy atom. The van der Waals surface area contributed by atoms with Crippen LogP contribution in [-0.2, 0) is 10.0 Å². The number of hydrogen-bond donors (Lipinski definition) is 2. The van der Waals surface area contributed by atoms with E-state index in [1.807, 2.05) is 6.92 Å². The van der Waals surface area contributed by atoms with Crippen LogP contribution in [-0.4, -0.2) is 15.0 Å². The topological polar surface area (TPSA) is 72.2 Å². The van der Waals surface area contributed by atoms with Gasteiger partial charge in [-0.15, -0.1) is 0 Å². The van der Waals surface area contributed by atoms with Crippen molar-refractivity contribution in [2.45, 2.75) is 38.0 Å². The second-order valence-electron chi connectivity index (χ2n) is 4.22. The van der Waals surface area contributed by atoms with Crippen molar-refractivity contribution < 1.29 is 12.8 Å². The highest BCUT2D eigenvalue weighted by Gasteiger charge is 2.16. The van der Waals surface area contributed by atoms with Crippen LogP contribution in [0.1, 0.15) is 31.7 Å². The van der Waals surface area contributed by atoms with Gasteiger partial charge in [0.05, 0.1) is 4.90 Å². The van der Waals surface area contributed by atoms with E-state index >= 15 is 0 Å². The Hall–Kier alpha value is -1.14. The van der Waals surface area contributed by atoms with Gasteiger partial charge in [0.1, 0.15) is 5.82 Å². The fraction of sp³-hybridized carbons (Fsp3) is 0.500. The van der Waals surface area contributed by atoms with Crippen LogP contribution in [0.25, 0.3) is 0 Å². The quantitative estimate of drug-likeness (QED) is 0.617. The Balaban J connectivity index is 2.85. The Kier molecular flexibility index (Phi) is 5.10. The summed E-state index contributed by atoms with van der Waals surface area (Å²) in [4.78, 5) is -0.125. The summed E-state index contributed by atoms with van der Waals surface area (Å²) in [6.07, 6.45) is 2.72. The molecule has 1 aromatic rings. The molecule has 0 amide bonds. The molecule has 0 fully saturated rings. The lowest BCUT2D eigenvalue weighted by Gasteiger charge is -2.09. The van der Waals surface area contributed by atoms with Gasteiger partial charge in [0.15, 0.2) is 0 Å². The number of anilines is 1. The van der Waals surface area contributed by atoms with E-state index < -0.39 is 15.8 Å². The van der Waals surface area contributed by atoms with Crippen molar-refractivity contribution in [2.75, 3.05) is 12.3 Å². The van der Waals surface area contributed by atoms with Crippen molar-refractivity contribution in [1.29, 1.82) is 0 Å². The molecule has 1 rings (SSSR count). The Bertz CT molecular complexity index is 492. The van der Waals surface area contributed by atoms with Crippen LogP contribution in [0.15, 0.2) is 17.0 Å². The minimum atomic E-state index is -3.67. The van der Waals surface area contributed by atoms with Gasteiger partial charge in [-0.25, -0.2) is 17.5 Å². The van der Waals surface area contributed by atoms with E-state index in [1.165, 1.54) is 13.0 Å². The lowest BCUT2D eigenvalue weighted by molar-refractivity contribution is 0.572. The SMILES string of the molecule is CCCCCNS(=O)(=O)c1cc(N)c(C)c(F)c1. The Labute approximate surface area is 107 Å². The molecule has 0 atom stereocenters. The molecule has 0 aliphatic heterocycles. The van der Waals surface area contributed by atoms with Crippen LogP contribution in [0.4, 0.5) is 10.1 Å². The summed E-state index contributed by atoms with van der Waals surface area (Å²) >= 11 is 0. The minimum Gasteiger partial charge on any atom is -0.398 e. The molecular weight excluding hydrogens is 255 g/mol. The fourth-order valence-corrected chi connectivity index (χ4v) is 2.61. The Morgan fingerprint density at radius 2 is 2.00 bits per heavy atom. The van der Waals surface area contributed by atoms with E-state index in [9.17, 15) is 12.8 Å². The number of hydrogen-bond acceptors (Lipinski definition) is 3. The zero-order valence-corrected chi connectivity index (χ0v) is 11.5. The van der Waals surface area contributed by atoms with Crippen LogP contribution in [0, 0.1) is 12.7 Å². The molecule has 0 aromatic heterocycles. The monoisotopic (exact) mass is 274 g/mol. The van der Waals surface area contributed by atoms with Gasteiger partial charge < -0.3 is 5.73 Å². The molecule has 0 heterocycles. The summed E-state index contributed by atoms with van der Waals surface area (Å²) < 4.78 is 39.6. The third-order valence-corrected chi connectivity index (χ3v) is 4.18. The van der Waals surface area contributed by atoms with Crippen LogP contribution >= 0.6 is 0 Å². The van der Waals surface area contributed by atoms with Crippen molar-refractivity contribution in [2.24, 2.45) is 0 Å². The normalized spacial score (nSPS) is 11.7. The first-order valence-electron chi connectivity index (χ1n) is 5.93. The number of rotatable bonds is 6. The van der Waals surface area contributed by atoms with E-state index in [-0.39, 0.29) is 16.1 Å². The van der Waals surface area contributed by atoms with Gasteiger partial charge in [0.2, 0.25) is 10.0 Å². The third kappa shape index (κ3) is 3.68. The predicted molar refractivity (Wildman–Crippen MR) is 70.3 cm³/mol. The molecule has 0 spiro atoms. The van der Waals surface area contributed by atoms with Gasteiger partial charge in [0, 0.05) is 17.8 Å². The number of halogens is 1. The minimum absolute atomic E-state index is 0.125. The second-order valence-corrected chi connectivity index (χ2v) is 5.99. The standard InChI is InChI=1S/C12H19FN2O2S/c1-3-4-5-6-15-18(16,17)10-7-11(13)9(2)12(14)8-10/h7-8,15H,3-6,14H2,1-2H3. The summed E-state index contributed by atoms with van der Waals surface area (Å²) in [6.45, 7) is 3.89. The lowest BCUT2D eigenvalue weighted by atomic mass is 10.2. The molecule has 6 heteroatoms. The van der Waals surface area contributed by atoms with E-state index in [0.717, 1.165) is 25.3 Å². The van der Waals surface area contributed by atoms with Crippen molar-refractivity contribution in [3.8, 4) is 0 Å². The summed E-state index contributed by atoms with van der Waals surface area (Å²) in [6, 6.07) is 2.27. The molecule has 0 unspecified atom stereocenters. The molecule has 18 heavy (non-hydrogen) atoms. The smallest absolute Gasteiger partial charge is 0.240 e. The summed E-state index contributed by atoms with van der Waals surface area (Å²) in [7, 11) is -3.67. The highest BCUT2D eigenvalue weighted by molar-refractivity contribution is 7.89. The van der Waals surface area contributed by atoms with Gasteiger partial charge in [-0.2, -0.15) is 0 Å². The van der Waals surface area contributed by atoms with E-state index in [0.29, 0.717) is 6.54 Å². The van der Waals surface area contributed by atoms with Gasteiger partial charge >= 0.3 is 0 Å². The Morgan fingerprint density at radius 1 is 1.33 bits per heavy atom. The molecule has 1 aromatic carbocycles. The second kappa shape index (κ2) is 6.15. The molecule has 0 aliphatic rings. The zero-order valence-electron chi connectivity index (χ0n) is 10.7. The number of benzene rings is 1. The van der Waals surface area contributed by atoms with E-state index in [1.54, 1.807) is 0 Å². The first kappa shape index (κ1) is 14.9. The third-order valence-electron chi connectivity index (χ3n) is 2.74. The van der Waals surface area contributed by atoms with Crippen LogP contribution in [0.3, 0.4) is 0 Å². The molecule has 102 valence electrons. The van der Waals surface area contributed by atoms with Crippen LogP contribution in [0.2, 0.25) is 0 Å². The maximum absolute atomic E-state index is 13.4. The molecule has 0 saturated heterocycles. The first-order valence-corrected chi connectivity index (χ1v) is 7.42. The van der Waals surface area contributed by atoms with Gasteiger partial charge in [0.25, 0.3) is 0 Å². The highest BCUT2D eigenvalue weighted by Crippen LogP contribution is 2.20. The molecule has 4 nitrogen and oxygen atoms in total. The highest BCUT2D eigenvalue weighted by atomic mass is 32.2. The van der Waals surface area contributed by atoms with Crippen molar-refractivity contribution in [1.82, 2.24) is 4.72 Å². The lowest BCUT2D eigenvalue weighted by Crippen LogP contribution is -2.25. The summed E-state index contributed by atoms with van der Waals surface area (Å²) in [5, 5.41) is 0. The molecule has 0 bridgehead atoms. The molecule has 0 saturated carbocycles. The maximum Gasteiger partial charge on any atom is 0.240 e. The van der Waals surface area contributed by atoms with Gasteiger partial charge in [-0.3, -0.25) is 0 Å². The van der Waals surface area contributed by atoms with Crippen LogP contribution in [0.5, 0.6) is 0 Å². The molecular formula is C12H19FN2O2S. The van der Waals surface area contributed by atoms with E-state index in [4.69, 9.17) is 5.73 Å². The van der Waals surface area contributed by atoms with Crippen molar-refractivity contribution >= 4 is 15.7 Å². The maximum atomic E-state index is 13.4. The number of unbranched alkanes of at least 4 members (excludes halogenated alkanes) is 2. The fourth-order valence-electron chi connectivity index (χ4n) is 1.49.